The SMILES string of the molecule is O=C(Oc1ccc(O)c(F)c1F)C1CC=C(c2ccc(-c3ccc(O)c(F)c3F)c(F)c2F)CC1. The van der Waals surface area contributed by atoms with Gasteiger partial charge in [-0.3, -0.25) is 4.79 Å². The predicted molar refractivity (Wildman–Crippen MR) is 112 cm³/mol. The molecule has 10 heteroatoms. The van der Waals surface area contributed by atoms with Gasteiger partial charge in [0, 0.05) is 16.7 Å². The Balaban J connectivity index is 1.53. The second-order valence-electron chi connectivity index (χ2n) is 7.88. The molecule has 1 aliphatic carbocycles. The number of benzene rings is 3. The van der Waals surface area contributed by atoms with E-state index in [1.54, 1.807) is 0 Å². The minimum absolute atomic E-state index is 0.0387. The van der Waals surface area contributed by atoms with Crippen molar-refractivity contribution in [3.8, 4) is 28.4 Å². The van der Waals surface area contributed by atoms with Crippen molar-refractivity contribution in [2.75, 3.05) is 0 Å². The number of rotatable bonds is 4. The van der Waals surface area contributed by atoms with E-state index in [0.717, 1.165) is 30.3 Å². The lowest BCUT2D eigenvalue weighted by molar-refractivity contribution is -0.139. The Morgan fingerprint density at radius 1 is 0.714 bits per heavy atom. The van der Waals surface area contributed by atoms with Gasteiger partial charge < -0.3 is 14.9 Å². The Morgan fingerprint density at radius 2 is 1.23 bits per heavy atom. The highest BCUT2D eigenvalue weighted by Crippen LogP contribution is 2.37. The third kappa shape index (κ3) is 4.43. The van der Waals surface area contributed by atoms with Crippen LogP contribution < -0.4 is 4.74 Å². The third-order valence-corrected chi connectivity index (χ3v) is 5.76. The molecule has 2 N–H and O–H groups in total. The standard InChI is InChI=1S/C25H16F6O4/c26-19-13(5-6-14(20(19)27)15-7-8-16(32)22(29)21(15)28)11-1-3-12(4-2-11)25(34)35-18-10-9-17(33)23(30)24(18)31/h1,5-10,12,32-33H,2-4H2. The number of hydrogen-bond donors (Lipinski definition) is 2. The molecule has 1 aliphatic rings. The zero-order valence-corrected chi connectivity index (χ0v) is 17.7. The van der Waals surface area contributed by atoms with Crippen LogP contribution in [0, 0.1) is 40.8 Å². The van der Waals surface area contributed by atoms with E-state index in [1.165, 1.54) is 12.1 Å². The lowest BCUT2D eigenvalue weighted by Gasteiger charge is -2.21. The Labute approximate surface area is 194 Å². The van der Waals surface area contributed by atoms with Crippen molar-refractivity contribution in [3.63, 3.8) is 0 Å². The highest BCUT2D eigenvalue weighted by Gasteiger charge is 2.28. The average Bonchev–Trinajstić information content (AvgIpc) is 2.85. The van der Waals surface area contributed by atoms with Crippen LogP contribution >= 0.6 is 0 Å². The Morgan fingerprint density at radius 3 is 1.86 bits per heavy atom. The lowest BCUT2D eigenvalue weighted by Crippen LogP contribution is -2.22. The number of esters is 1. The van der Waals surface area contributed by atoms with Crippen LogP contribution in [-0.4, -0.2) is 16.2 Å². The number of ether oxygens (including phenoxy) is 1. The molecule has 0 aliphatic heterocycles. The molecule has 0 bridgehead atoms. The van der Waals surface area contributed by atoms with Crippen LogP contribution in [0.3, 0.4) is 0 Å². The van der Waals surface area contributed by atoms with Gasteiger partial charge in [0.15, 0.2) is 34.7 Å². The van der Waals surface area contributed by atoms with Gasteiger partial charge in [-0.2, -0.15) is 13.2 Å². The summed E-state index contributed by atoms with van der Waals surface area (Å²) in [7, 11) is 0. The molecule has 4 nitrogen and oxygen atoms in total. The highest BCUT2D eigenvalue weighted by atomic mass is 19.2. The van der Waals surface area contributed by atoms with Gasteiger partial charge in [-0.25, -0.2) is 13.2 Å². The van der Waals surface area contributed by atoms with E-state index >= 15 is 0 Å². The highest BCUT2D eigenvalue weighted by molar-refractivity contribution is 5.78. The van der Waals surface area contributed by atoms with Gasteiger partial charge in [-0.15, -0.1) is 0 Å². The molecule has 0 heterocycles. The Bertz CT molecular complexity index is 1370. The molecule has 0 amide bonds. The molecule has 182 valence electrons. The fraction of sp³-hybridized carbons (Fsp3) is 0.160. The van der Waals surface area contributed by atoms with Gasteiger partial charge >= 0.3 is 5.97 Å². The third-order valence-electron chi connectivity index (χ3n) is 5.76. The average molecular weight is 494 g/mol. The van der Waals surface area contributed by atoms with Crippen LogP contribution in [0.1, 0.15) is 24.8 Å². The first-order valence-corrected chi connectivity index (χ1v) is 10.3. The molecule has 0 radical (unpaired) electrons. The maximum Gasteiger partial charge on any atom is 0.314 e. The van der Waals surface area contributed by atoms with Crippen LogP contribution in [0.5, 0.6) is 17.2 Å². The summed E-state index contributed by atoms with van der Waals surface area (Å²) in [5, 5.41) is 18.4. The molecule has 0 spiro atoms. The number of hydrogen-bond acceptors (Lipinski definition) is 4. The molecule has 4 rings (SSSR count). The lowest BCUT2D eigenvalue weighted by atomic mass is 9.86. The largest absolute Gasteiger partial charge is 0.505 e. The topological polar surface area (TPSA) is 66.8 Å². The second-order valence-corrected chi connectivity index (χ2v) is 7.88. The van der Waals surface area contributed by atoms with E-state index in [4.69, 9.17) is 9.84 Å². The minimum Gasteiger partial charge on any atom is -0.505 e. The quantitative estimate of drug-likeness (QED) is 0.251. The summed E-state index contributed by atoms with van der Waals surface area (Å²) in [4.78, 5) is 12.3. The molecule has 0 saturated carbocycles. The molecule has 1 atom stereocenters. The van der Waals surface area contributed by atoms with Gasteiger partial charge in [-0.1, -0.05) is 18.2 Å². The molecule has 0 fully saturated rings. The van der Waals surface area contributed by atoms with Crippen LogP contribution in [0.15, 0.2) is 42.5 Å². The predicted octanol–water partition coefficient (Wildman–Crippen LogP) is 6.39. The van der Waals surface area contributed by atoms with E-state index in [-0.39, 0.29) is 24.8 Å². The molecule has 3 aromatic rings. The normalized spacial score (nSPS) is 15.6. The molecule has 0 aromatic heterocycles. The van der Waals surface area contributed by atoms with Crippen LogP contribution in [0.2, 0.25) is 0 Å². The number of aromatic hydroxyl groups is 2. The number of allylic oxidation sites excluding steroid dienone is 2. The van der Waals surface area contributed by atoms with Gasteiger partial charge in [0.05, 0.1) is 5.92 Å². The van der Waals surface area contributed by atoms with Crippen molar-refractivity contribution in [3.05, 3.63) is 82.9 Å². The van der Waals surface area contributed by atoms with Crippen molar-refractivity contribution in [1.82, 2.24) is 0 Å². The first-order chi connectivity index (χ1) is 16.6. The number of phenols is 2. The fourth-order valence-electron chi connectivity index (χ4n) is 3.84. The van der Waals surface area contributed by atoms with Crippen molar-refractivity contribution < 1.29 is 46.1 Å². The minimum atomic E-state index is -1.59. The number of halogens is 6. The first-order valence-electron chi connectivity index (χ1n) is 10.3. The Kier molecular flexibility index (Phi) is 6.47. The van der Waals surface area contributed by atoms with E-state index in [0.29, 0.717) is 5.57 Å². The van der Waals surface area contributed by atoms with Crippen molar-refractivity contribution in [2.24, 2.45) is 5.92 Å². The fourth-order valence-corrected chi connectivity index (χ4v) is 3.84. The van der Waals surface area contributed by atoms with E-state index < -0.39 is 75.2 Å². The molecular weight excluding hydrogens is 478 g/mol. The van der Waals surface area contributed by atoms with E-state index in [2.05, 4.69) is 0 Å². The van der Waals surface area contributed by atoms with Gasteiger partial charge in [0.2, 0.25) is 17.5 Å². The van der Waals surface area contributed by atoms with Gasteiger partial charge in [0.1, 0.15) is 0 Å². The van der Waals surface area contributed by atoms with Crippen LogP contribution in [-0.2, 0) is 4.79 Å². The molecule has 3 aromatic carbocycles. The monoisotopic (exact) mass is 494 g/mol. The zero-order chi connectivity index (χ0) is 25.4. The van der Waals surface area contributed by atoms with Crippen LogP contribution in [0.4, 0.5) is 26.3 Å². The summed E-state index contributed by atoms with van der Waals surface area (Å²) in [5.74, 6) is -13.1. The number of carbonyl (C=O) groups excluding carboxylic acids is 1. The summed E-state index contributed by atoms with van der Waals surface area (Å²) < 4.78 is 89.5. The summed E-state index contributed by atoms with van der Waals surface area (Å²) >= 11 is 0. The van der Waals surface area contributed by atoms with E-state index in [1.807, 2.05) is 0 Å². The van der Waals surface area contributed by atoms with E-state index in [9.17, 15) is 36.2 Å². The maximum atomic E-state index is 14.8. The number of phenolic OH excluding ortho intramolecular Hbond substituents is 2. The molecular formula is C25H16F6O4. The summed E-state index contributed by atoms with van der Waals surface area (Å²) in [6, 6.07) is 5.74. The smallest absolute Gasteiger partial charge is 0.314 e. The number of carbonyl (C=O) groups is 1. The second kappa shape index (κ2) is 9.36. The molecule has 1 unspecified atom stereocenters. The molecule has 35 heavy (non-hydrogen) atoms. The summed E-state index contributed by atoms with van der Waals surface area (Å²) in [5.41, 5.74) is -0.883. The van der Waals surface area contributed by atoms with Gasteiger partial charge in [-0.05, 0) is 49.1 Å². The van der Waals surface area contributed by atoms with Crippen molar-refractivity contribution in [2.45, 2.75) is 19.3 Å². The summed E-state index contributed by atoms with van der Waals surface area (Å²) in [6.07, 6.45) is 1.76. The van der Waals surface area contributed by atoms with Crippen LogP contribution in [0.25, 0.3) is 16.7 Å². The zero-order valence-electron chi connectivity index (χ0n) is 17.7. The summed E-state index contributed by atoms with van der Waals surface area (Å²) in [6.45, 7) is 0. The molecule has 0 saturated heterocycles. The van der Waals surface area contributed by atoms with Crippen molar-refractivity contribution >= 4 is 11.5 Å². The Hall–Kier alpha value is -3.95. The maximum absolute atomic E-state index is 14.8. The van der Waals surface area contributed by atoms with Crippen molar-refractivity contribution in [1.29, 1.82) is 0 Å². The first kappa shape index (κ1) is 24.2. The van der Waals surface area contributed by atoms with Gasteiger partial charge in [0.25, 0.3) is 0 Å².